The molecule has 0 radical (unpaired) electrons. The lowest BCUT2D eigenvalue weighted by Crippen LogP contribution is -2.49. The maximum atomic E-state index is 6.80. The summed E-state index contributed by atoms with van der Waals surface area (Å²) in [5.74, 6) is 16.1. The summed E-state index contributed by atoms with van der Waals surface area (Å²) in [5, 5.41) is 6.10. The first kappa shape index (κ1) is 31.7. The molecule has 0 aliphatic carbocycles. The van der Waals surface area contributed by atoms with Crippen molar-refractivity contribution in [3.8, 4) is 11.5 Å². The summed E-state index contributed by atoms with van der Waals surface area (Å²) in [7, 11) is 3.34. The number of methoxy groups -OCH3 is 2. The number of piperidine rings is 2. The van der Waals surface area contributed by atoms with Crippen LogP contribution in [0.15, 0.2) is 65.9 Å². The number of ether oxygens (including phenoxy) is 2. The van der Waals surface area contributed by atoms with Crippen LogP contribution in [0, 0.1) is 11.3 Å². The van der Waals surface area contributed by atoms with E-state index in [2.05, 4.69) is 78.6 Å². The number of para-hydroxylation sites is 1. The Hall–Kier alpha value is -3.23. The van der Waals surface area contributed by atoms with Crippen molar-refractivity contribution >= 4 is 5.84 Å². The van der Waals surface area contributed by atoms with Crippen LogP contribution in [0.3, 0.4) is 0 Å². The van der Waals surface area contributed by atoms with Crippen LogP contribution >= 0.6 is 0 Å². The molecule has 2 heterocycles. The summed E-state index contributed by atoms with van der Waals surface area (Å²) in [6.45, 7) is 15.6. The molecule has 2 saturated heterocycles. The second-order valence-electron chi connectivity index (χ2n) is 12.8. The minimum Gasteiger partial charge on any atom is -0.493 e. The van der Waals surface area contributed by atoms with Crippen LogP contribution in [0.25, 0.3) is 0 Å². The van der Waals surface area contributed by atoms with Crippen LogP contribution in [0.4, 0.5) is 0 Å². The zero-order valence-electron chi connectivity index (χ0n) is 26.4. The smallest absolute Gasteiger partial charge is 0.165 e. The van der Waals surface area contributed by atoms with Gasteiger partial charge in [0, 0.05) is 36.3 Å². The molecule has 230 valence electrons. The molecule has 2 aliphatic heterocycles. The molecular formula is C34H52N6O2. The van der Waals surface area contributed by atoms with Gasteiger partial charge in [0.1, 0.15) is 6.04 Å². The Morgan fingerprint density at radius 3 is 2.21 bits per heavy atom. The van der Waals surface area contributed by atoms with Gasteiger partial charge in [-0.25, -0.2) is 5.84 Å². The molecule has 0 amide bonds. The molecule has 0 saturated carbocycles. The van der Waals surface area contributed by atoms with E-state index in [1.807, 2.05) is 12.1 Å². The molecule has 2 aromatic carbocycles. The number of hydrogen-bond donors (Lipinski definition) is 2. The van der Waals surface area contributed by atoms with Crippen LogP contribution in [-0.2, 0) is 0 Å². The maximum Gasteiger partial charge on any atom is 0.165 e. The number of amidine groups is 1. The predicted molar refractivity (Wildman–Crippen MR) is 172 cm³/mol. The highest BCUT2D eigenvalue weighted by molar-refractivity contribution is 5.89. The quantitative estimate of drug-likeness (QED) is 0.161. The standard InChI is InChI=1S/C34H52N6O2/c1-25(34(2,3)4)38-20-15-26(16-21-38)17-24-40(36)33(37-35)31(29-13-10-14-30(41-5)32(29)42-6)39-22-18-28(19-23-39)27-11-8-7-9-12-27/h7-14,26,28,31H,1,15-24,35-36H2,2-6H3/b37-33-. The van der Waals surface area contributed by atoms with Crippen molar-refractivity contribution < 1.29 is 9.47 Å². The SMILES string of the molecule is C=C(N1CCC(CCN(N)/C(=N\N)C(c2cccc(OC)c2OC)N2CCC(c3ccccc3)CC2)CC1)C(C)(C)C. The van der Waals surface area contributed by atoms with Gasteiger partial charge in [-0.1, -0.05) is 69.8 Å². The van der Waals surface area contributed by atoms with E-state index in [1.165, 1.54) is 11.3 Å². The Morgan fingerprint density at radius 2 is 1.64 bits per heavy atom. The van der Waals surface area contributed by atoms with Crippen LogP contribution in [0.2, 0.25) is 0 Å². The van der Waals surface area contributed by atoms with Gasteiger partial charge in [-0.2, -0.15) is 5.10 Å². The zero-order chi connectivity index (χ0) is 30.3. The second kappa shape index (κ2) is 14.3. The second-order valence-corrected chi connectivity index (χ2v) is 12.8. The maximum absolute atomic E-state index is 6.80. The molecule has 4 rings (SSSR count). The fourth-order valence-electron chi connectivity index (χ4n) is 6.55. The Bertz CT molecular complexity index is 1180. The minimum atomic E-state index is -0.251. The molecule has 4 N–H and O–H groups in total. The highest BCUT2D eigenvalue weighted by atomic mass is 16.5. The largest absolute Gasteiger partial charge is 0.493 e. The van der Waals surface area contributed by atoms with Crippen molar-refractivity contribution in [2.45, 2.75) is 64.8 Å². The molecule has 1 unspecified atom stereocenters. The fourth-order valence-corrected chi connectivity index (χ4v) is 6.55. The van der Waals surface area contributed by atoms with Crippen LogP contribution in [-0.4, -0.2) is 67.6 Å². The topological polar surface area (TPSA) is 92.6 Å². The van der Waals surface area contributed by atoms with Crippen LogP contribution in [0.5, 0.6) is 11.5 Å². The Labute approximate surface area is 253 Å². The third kappa shape index (κ3) is 7.39. The van der Waals surface area contributed by atoms with Gasteiger partial charge < -0.3 is 20.2 Å². The number of hydrazone groups is 1. The van der Waals surface area contributed by atoms with E-state index in [1.54, 1.807) is 19.2 Å². The number of nitrogens with zero attached hydrogens (tertiary/aromatic N) is 4. The highest BCUT2D eigenvalue weighted by Crippen LogP contribution is 2.40. The van der Waals surface area contributed by atoms with Gasteiger partial charge in [-0.05, 0) is 68.7 Å². The van der Waals surface area contributed by atoms with E-state index >= 15 is 0 Å². The normalized spacial score (nSPS) is 18.5. The number of hydrogen-bond acceptors (Lipinski definition) is 7. The van der Waals surface area contributed by atoms with E-state index in [4.69, 9.17) is 21.2 Å². The summed E-state index contributed by atoms with van der Waals surface area (Å²) in [5.41, 5.74) is 3.69. The summed E-state index contributed by atoms with van der Waals surface area (Å²) in [4.78, 5) is 4.90. The van der Waals surface area contributed by atoms with Gasteiger partial charge in [-0.3, -0.25) is 9.91 Å². The van der Waals surface area contributed by atoms with Gasteiger partial charge in [0.2, 0.25) is 0 Å². The Kier molecular flexibility index (Phi) is 10.8. The molecule has 8 heteroatoms. The lowest BCUT2D eigenvalue weighted by molar-refractivity contribution is 0.167. The van der Waals surface area contributed by atoms with E-state index < -0.39 is 0 Å². The molecular weight excluding hydrogens is 524 g/mol. The molecule has 2 aliphatic rings. The van der Waals surface area contributed by atoms with Gasteiger partial charge in [-0.15, -0.1) is 0 Å². The molecule has 0 aromatic heterocycles. The molecule has 8 nitrogen and oxygen atoms in total. The predicted octanol–water partition coefficient (Wildman–Crippen LogP) is 5.73. The van der Waals surface area contributed by atoms with E-state index in [9.17, 15) is 0 Å². The first-order valence-corrected chi connectivity index (χ1v) is 15.4. The number of hydrazine groups is 1. The molecule has 1 atom stereocenters. The highest BCUT2D eigenvalue weighted by Gasteiger charge is 2.35. The van der Waals surface area contributed by atoms with E-state index in [-0.39, 0.29) is 11.5 Å². The summed E-state index contributed by atoms with van der Waals surface area (Å²) in [6, 6.07) is 16.5. The van der Waals surface area contributed by atoms with Gasteiger partial charge >= 0.3 is 0 Å². The number of nitrogens with two attached hydrogens (primary N) is 2. The summed E-state index contributed by atoms with van der Waals surface area (Å²) in [6.07, 6.45) is 5.36. The molecule has 42 heavy (non-hydrogen) atoms. The van der Waals surface area contributed by atoms with Crippen molar-refractivity contribution in [1.29, 1.82) is 0 Å². The van der Waals surface area contributed by atoms with Gasteiger partial charge in [0.05, 0.1) is 14.2 Å². The van der Waals surface area contributed by atoms with Gasteiger partial charge in [0.15, 0.2) is 17.3 Å². The first-order valence-electron chi connectivity index (χ1n) is 15.4. The average molecular weight is 577 g/mol. The van der Waals surface area contributed by atoms with Crippen molar-refractivity contribution in [3.63, 3.8) is 0 Å². The third-order valence-corrected chi connectivity index (χ3v) is 9.21. The first-order chi connectivity index (χ1) is 20.2. The number of rotatable bonds is 10. The lowest BCUT2D eigenvalue weighted by Gasteiger charge is -2.41. The van der Waals surface area contributed by atoms with E-state index in [0.29, 0.717) is 35.7 Å². The fraction of sp³-hybridized carbons (Fsp3) is 0.559. The monoisotopic (exact) mass is 576 g/mol. The number of benzene rings is 2. The van der Waals surface area contributed by atoms with Crippen molar-refractivity contribution in [2.75, 3.05) is 46.9 Å². The summed E-state index contributed by atoms with van der Waals surface area (Å²) >= 11 is 0. The lowest BCUT2D eigenvalue weighted by atomic mass is 9.87. The minimum absolute atomic E-state index is 0.0964. The van der Waals surface area contributed by atoms with Gasteiger partial charge in [0.25, 0.3) is 0 Å². The molecule has 2 fully saturated rings. The number of allylic oxidation sites excluding steroid dienone is 1. The summed E-state index contributed by atoms with van der Waals surface area (Å²) < 4.78 is 11.6. The van der Waals surface area contributed by atoms with Crippen LogP contribution in [0.1, 0.15) is 76.0 Å². The Morgan fingerprint density at radius 1 is 0.976 bits per heavy atom. The third-order valence-electron chi connectivity index (χ3n) is 9.21. The molecule has 2 aromatic rings. The van der Waals surface area contributed by atoms with Crippen molar-refractivity contribution in [3.05, 3.63) is 71.9 Å². The van der Waals surface area contributed by atoms with E-state index in [0.717, 1.165) is 63.8 Å². The van der Waals surface area contributed by atoms with Crippen molar-refractivity contribution in [2.24, 2.45) is 28.1 Å². The molecule has 0 bridgehead atoms. The Balaban J connectivity index is 1.49. The van der Waals surface area contributed by atoms with Crippen LogP contribution < -0.4 is 21.2 Å². The molecule has 0 spiro atoms. The average Bonchev–Trinajstić information content (AvgIpc) is 3.02. The van der Waals surface area contributed by atoms with Crippen molar-refractivity contribution in [1.82, 2.24) is 14.8 Å². The number of likely N-dealkylation sites (tertiary alicyclic amines) is 2. The zero-order valence-corrected chi connectivity index (χ0v) is 26.4.